The van der Waals surface area contributed by atoms with E-state index in [1.807, 2.05) is 26.0 Å². The van der Waals surface area contributed by atoms with Crippen molar-refractivity contribution in [1.82, 2.24) is 10.6 Å². The van der Waals surface area contributed by atoms with E-state index < -0.39 is 0 Å². The molecule has 0 aliphatic heterocycles. The zero-order chi connectivity index (χ0) is 18.8. The average Bonchev–Trinajstić information content (AvgIpc) is 2.65. The smallest absolute Gasteiger partial charge is 0.222 e. The van der Waals surface area contributed by atoms with Crippen LogP contribution < -0.4 is 10.6 Å². The molecule has 0 fully saturated rings. The predicted octanol–water partition coefficient (Wildman–Crippen LogP) is 4.21. The number of carbonyl (C=O) groups is 1. The quantitative estimate of drug-likeness (QED) is 0.581. The van der Waals surface area contributed by atoms with Crippen LogP contribution in [-0.4, -0.2) is 19.0 Å². The van der Waals surface area contributed by atoms with Gasteiger partial charge in [0.15, 0.2) is 0 Å². The summed E-state index contributed by atoms with van der Waals surface area (Å²) in [5.74, 6) is 6.16. The average molecular weight is 348 g/mol. The maximum absolute atomic E-state index is 11.4. The first-order valence-corrected chi connectivity index (χ1v) is 9.21. The molecule has 1 atom stereocenters. The van der Waals surface area contributed by atoms with Gasteiger partial charge in [0.05, 0.1) is 0 Å². The lowest BCUT2D eigenvalue weighted by molar-refractivity contribution is -0.123. The van der Waals surface area contributed by atoms with Gasteiger partial charge in [-0.3, -0.25) is 4.79 Å². The van der Waals surface area contributed by atoms with Crippen molar-refractivity contribution in [2.45, 2.75) is 33.2 Å². The minimum atomic E-state index is 0.0256. The Morgan fingerprint density at radius 1 is 1.12 bits per heavy atom. The van der Waals surface area contributed by atoms with E-state index >= 15 is 0 Å². The molecule has 0 bridgehead atoms. The molecule has 0 radical (unpaired) electrons. The number of rotatable bonds is 7. The number of allylic oxidation sites excluding steroid dienone is 1. The van der Waals surface area contributed by atoms with Crippen LogP contribution in [0.2, 0.25) is 0 Å². The van der Waals surface area contributed by atoms with Crippen LogP contribution in [0.15, 0.2) is 54.6 Å². The Bertz CT molecular complexity index is 806. The molecule has 3 nitrogen and oxygen atoms in total. The van der Waals surface area contributed by atoms with Crippen LogP contribution in [0.1, 0.15) is 38.8 Å². The summed E-state index contributed by atoms with van der Waals surface area (Å²) in [5.41, 5.74) is 1.31. The lowest BCUT2D eigenvalue weighted by Gasteiger charge is -2.15. The van der Waals surface area contributed by atoms with E-state index in [2.05, 4.69) is 71.9 Å². The van der Waals surface area contributed by atoms with Crippen LogP contribution in [0, 0.1) is 17.8 Å². The van der Waals surface area contributed by atoms with Crippen LogP contribution in [0.4, 0.5) is 0 Å². The Labute approximate surface area is 156 Å². The molecule has 2 N–H and O–H groups in total. The van der Waals surface area contributed by atoms with Gasteiger partial charge in [-0.25, -0.2) is 0 Å². The zero-order valence-electron chi connectivity index (χ0n) is 15.9. The van der Waals surface area contributed by atoms with E-state index in [0.717, 1.165) is 6.54 Å². The monoisotopic (exact) mass is 348 g/mol. The van der Waals surface area contributed by atoms with Crippen LogP contribution >= 0.6 is 0 Å². The van der Waals surface area contributed by atoms with Gasteiger partial charge >= 0.3 is 0 Å². The van der Waals surface area contributed by atoms with E-state index in [0.29, 0.717) is 13.0 Å². The fraction of sp³-hybridized carbons (Fsp3) is 0.348. The first-order valence-electron chi connectivity index (χ1n) is 9.21. The molecule has 136 valence electrons. The molecule has 2 aromatic carbocycles. The summed E-state index contributed by atoms with van der Waals surface area (Å²) >= 11 is 0. The molecule has 0 saturated heterocycles. The Balaban J connectivity index is 1.75. The van der Waals surface area contributed by atoms with Crippen molar-refractivity contribution in [2.75, 3.05) is 13.1 Å². The van der Waals surface area contributed by atoms with Crippen molar-refractivity contribution < 1.29 is 4.79 Å². The normalized spacial score (nSPS) is 12.2. The summed E-state index contributed by atoms with van der Waals surface area (Å²) in [4.78, 5) is 11.4. The highest BCUT2D eigenvalue weighted by Gasteiger charge is 2.07. The molecule has 2 rings (SSSR count). The minimum Gasteiger partial charge on any atom is -0.355 e. The maximum atomic E-state index is 11.4. The predicted molar refractivity (Wildman–Crippen MR) is 110 cm³/mol. The molecule has 2 aromatic rings. The summed E-state index contributed by atoms with van der Waals surface area (Å²) in [6, 6.07) is 15.2. The van der Waals surface area contributed by atoms with Gasteiger partial charge in [0.1, 0.15) is 0 Å². The van der Waals surface area contributed by atoms with Crippen molar-refractivity contribution in [3.8, 4) is 11.8 Å². The highest BCUT2D eigenvalue weighted by molar-refractivity contribution is 5.86. The van der Waals surface area contributed by atoms with Crippen LogP contribution in [0.25, 0.3) is 10.8 Å². The van der Waals surface area contributed by atoms with Gasteiger partial charge in [0.2, 0.25) is 5.91 Å². The number of fused-ring (bicyclic) bond motifs is 1. The van der Waals surface area contributed by atoms with Gasteiger partial charge in [0.25, 0.3) is 0 Å². The van der Waals surface area contributed by atoms with Crippen molar-refractivity contribution in [1.29, 1.82) is 0 Å². The van der Waals surface area contributed by atoms with Gasteiger partial charge in [0, 0.05) is 31.5 Å². The molecule has 26 heavy (non-hydrogen) atoms. The number of hydrogen-bond acceptors (Lipinski definition) is 2. The summed E-state index contributed by atoms with van der Waals surface area (Å²) in [6.07, 6.45) is 4.57. The van der Waals surface area contributed by atoms with Gasteiger partial charge < -0.3 is 10.6 Å². The topological polar surface area (TPSA) is 41.1 Å². The Morgan fingerprint density at radius 2 is 1.88 bits per heavy atom. The standard InChI is InChI=1S/C23H28N2O/c1-18(2)23(26)25-17-10-6-4-5-9-16-24-19(3)21-15-11-13-20-12-7-8-14-22(20)21/h5,7-9,11-15,18-19,24H,10,16-17H2,1-3H3,(H,25,26). The number of amides is 1. The first kappa shape index (κ1) is 19.8. The fourth-order valence-electron chi connectivity index (χ4n) is 2.68. The molecule has 0 spiro atoms. The second kappa shape index (κ2) is 10.4. The molecular formula is C23H28N2O. The fourth-order valence-corrected chi connectivity index (χ4v) is 2.68. The number of benzene rings is 2. The minimum absolute atomic E-state index is 0.0256. The third-order valence-corrected chi connectivity index (χ3v) is 4.21. The SMILES string of the molecule is CC(C)C(=O)NCCC#CC=CCNC(C)c1cccc2ccccc12. The van der Waals surface area contributed by atoms with E-state index in [-0.39, 0.29) is 17.9 Å². The molecule has 3 heteroatoms. The lowest BCUT2D eigenvalue weighted by Crippen LogP contribution is -2.28. The van der Waals surface area contributed by atoms with E-state index in [1.165, 1.54) is 16.3 Å². The maximum Gasteiger partial charge on any atom is 0.222 e. The van der Waals surface area contributed by atoms with Crippen LogP contribution in [0.3, 0.4) is 0 Å². The van der Waals surface area contributed by atoms with Gasteiger partial charge in [-0.15, -0.1) is 0 Å². The number of carbonyl (C=O) groups excluding carboxylic acids is 1. The Morgan fingerprint density at radius 3 is 2.69 bits per heavy atom. The first-order chi connectivity index (χ1) is 12.6. The molecule has 1 amide bonds. The summed E-state index contributed by atoms with van der Waals surface area (Å²) in [6.45, 7) is 7.32. The molecular weight excluding hydrogens is 320 g/mol. The second-order valence-electron chi connectivity index (χ2n) is 6.62. The number of hydrogen-bond donors (Lipinski definition) is 2. The third kappa shape index (κ3) is 6.06. The lowest BCUT2D eigenvalue weighted by atomic mass is 10.00. The van der Waals surface area contributed by atoms with E-state index in [9.17, 15) is 4.79 Å². The van der Waals surface area contributed by atoms with Gasteiger partial charge in [-0.1, -0.05) is 74.2 Å². The van der Waals surface area contributed by atoms with Crippen molar-refractivity contribution in [3.05, 3.63) is 60.2 Å². The highest BCUT2D eigenvalue weighted by atomic mass is 16.1. The second-order valence-corrected chi connectivity index (χ2v) is 6.62. The molecule has 0 heterocycles. The highest BCUT2D eigenvalue weighted by Crippen LogP contribution is 2.23. The Kier molecular flexibility index (Phi) is 7.92. The molecule has 0 aliphatic rings. The van der Waals surface area contributed by atoms with Crippen molar-refractivity contribution >= 4 is 16.7 Å². The van der Waals surface area contributed by atoms with Gasteiger partial charge in [-0.2, -0.15) is 0 Å². The van der Waals surface area contributed by atoms with Crippen molar-refractivity contribution in [3.63, 3.8) is 0 Å². The van der Waals surface area contributed by atoms with E-state index in [4.69, 9.17) is 0 Å². The van der Waals surface area contributed by atoms with Crippen LogP contribution in [-0.2, 0) is 4.79 Å². The van der Waals surface area contributed by atoms with Crippen molar-refractivity contribution in [2.24, 2.45) is 5.92 Å². The third-order valence-electron chi connectivity index (χ3n) is 4.21. The largest absolute Gasteiger partial charge is 0.355 e. The summed E-state index contributed by atoms with van der Waals surface area (Å²) in [5, 5.41) is 8.92. The van der Waals surface area contributed by atoms with Crippen LogP contribution in [0.5, 0.6) is 0 Å². The summed E-state index contributed by atoms with van der Waals surface area (Å²) < 4.78 is 0. The molecule has 0 aromatic heterocycles. The molecule has 0 saturated carbocycles. The zero-order valence-corrected chi connectivity index (χ0v) is 15.9. The number of nitrogens with one attached hydrogen (secondary N) is 2. The Hall–Kier alpha value is -2.57. The molecule has 1 unspecified atom stereocenters. The summed E-state index contributed by atoms with van der Waals surface area (Å²) in [7, 11) is 0. The molecule has 0 aliphatic carbocycles. The van der Waals surface area contributed by atoms with Gasteiger partial charge in [-0.05, 0) is 29.3 Å². The van der Waals surface area contributed by atoms with E-state index in [1.54, 1.807) is 0 Å².